The van der Waals surface area contributed by atoms with E-state index in [9.17, 15) is 9.18 Å². The molecule has 0 saturated heterocycles. The minimum Gasteiger partial charge on any atom is -0.322 e. The van der Waals surface area contributed by atoms with Gasteiger partial charge in [0.05, 0.1) is 10.7 Å². The second-order valence-electron chi connectivity index (χ2n) is 4.36. The van der Waals surface area contributed by atoms with Crippen LogP contribution in [-0.4, -0.2) is 18.5 Å². The first-order valence-corrected chi connectivity index (χ1v) is 6.35. The molecule has 1 aromatic rings. The molecule has 18 heavy (non-hydrogen) atoms. The number of benzene rings is 1. The van der Waals surface area contributed by atoms with Crippen LogP contribution in [0, 0.1) is 5.82 Å². The average molecular weight is 273 g/mol. The molecule has 1 aromatic carbocycles. The minimum absolute atomic E-state index is 0.0565. The molecule has 0 fully saturated rings. The van der Waals surface area contributed by atoms with E-state index in [4.69, 9.17) is 11.6 Å². The van der Waals surface area contributed by atoms with Crippen LogP contribution in [0.3, 0.4) is 0 Å². The number of halogens is 2. The second-order valence-corrected chi connectivity index (χ2v) is 4.76. The van der Waals surface area contributed by atoms with Crippen molar-refractivity contribution in [1.82, 2.24) is 5.32 Å². The lowest BCUT2D eigenvalue weighted by Gasteiger charge is -2.09. The zero-order chi connectivity index (χ0) is 13.5. The summed E-state index contributed by atoms with van der Waals surface area (Å²) in [6, 6.07) is 4.71. The molecule has 0 bridgehead atoms. The van der Waals surface area contributed by atoms with Crippen molar-refractivity contribution in [1.29, 1.82) is 0 Å². The van der Waals surface area contributed by atoms with Crippen molar-refractivity contribution in [2.45, 2.75) is 32.7 Å². The van der Waals surface area contributed by atoms with Crippen LogP contribution in [0.2, 0.25) is 5.02 Å². The molecule has 1 rings (SSSR count). The quantitative estimate of drug-likeness (QED) is 0.781. The van der Waals surface area contributed by atoms with Gasteiger partial charge >= 0.3 is 0 Å². The van der Waals surface area contributed by atoms with E-state index in [-0.39, 0.29) is 16.6 Å². The summed E-state index contributed by atoms with van der Waals surface area (Å²) < 4.78 is 13.4. The highest BCUT2D eigenvalue weighted by atomic mass is 35.5. The summed E-state index contributed by atoms with van der Waals surface area (Å²) in [7, 11) is 0. The number of carbonyl (C=O) groups excluding carboxylic acids is 1. The SMILES string of the molecule is CC(C)NCCCC(=O)Nc1c(F)cccc1Cl. The number of rotatable bonds is 6. The highest BCUT2D eigenvalue weighted by Gasteiger charge is 2.10. The molecule has 0 aliphatic carbocycles. The molecule has 0 spiro atoms. The van der Waals surface area contributed by atoms with Crippen LogP contribution >= 0.6 is 11.6 Å². The molecule has 1 amide bonds. The first-order valence-electron chi connectivity index (χ1n) is 5.98. The van der Waals surface area contributed by atoms with Crippen LogP contribution < -0.4 is 10.6 Å². The van der Waals surface area contributed by atoms with Gasteiger partial charge in [0.2, 0.25) is 5.91 Å². The van der Waals surface area contributed by atoms with Gasteiger partial charge in [0.25, 0.3) is 0 Å². The van der Waals surface area contributed by atoms with Gasteiger partial charge < -0.3 is 10.6 Å². The topological polar surface area (TPSA) is 41.1 Å². The fourth-order valence-electron chi connectivity index (χ4n) is 1.46. The van der Waals surface area contributed by atoms with E-state index in [1.54, 1.807) is 6.07 Å². The Balaban J connectivity index is 2.40. The van der Waals surface area contributed by atoms with Crippen LogP contribution in [0.5, 0.6) is 0 Å². The molecular weight excluding hydrogens is 255 g/mol. The highest BCUT2D eigenvalue weighted by molar-refractivity contribution is 6.33. The first kappa shape index (κ1) is 14.9. The van der Waals surface area contributed by atoms with Gasteiger partial charge in [-0.15, -0.1) is 0 Å². The van der Waals surface area contributed by atoms with E-state index in [0.717, 1.165) is 6.54 Å². The fraction of sp³-hybridized carbons (Fsp3) is 0.462. The van der Waals surface area contributed by atoms with Crippen molar-refractivity contribution in [3.63, 3.8) is 0 Å². The van der Waals surface area contributed by atoms with Crippen molar-refractivity contribution >= 4 is 23.2 Å². The van der Waals surface area contributed by atoms with Crippen LogP contribution in [0.15, 0.2) is 18.2 Å². The smallest absolute Gasteiger partial charge is 0.224 e. The summed E-state index contributed by atoms with van der Waals surface area (Å²) in [4.78, 5) is 11.6. The predicted octanol–water partition coefficient (Wildman–Crippen LogP) is 3.20. The Morgan fingerprint density at radius 1 is 1.44 bits per heavy atom. The molecule has 0 aliphatic rings. The Morgan fingerprint density at radius 2 is 2.17 bits per heavy atom. The van der Waals surface area contributed by atoms with Crippen molar-refractivity contribution in [2.75, 3.05) is 11.9 Å². The lowest BCUT2D eigenvalue weighted by atomic mass is 10.2. The minimum atomic E-state index is -0.517. The van der Waals surface area contributed by atoms with Gasteiger partial charge in [-0.2, -0.15) is 0 Å². The number of hydrogen-bond acceptors (Lipinski definition) is 2. The molecule has 0 radical (unpaired) electrons. The largest absolute Gasteiger partial charge is 0.322 e. The summed E-state index contributed by atoms with van der Waals surface area (Å²) in [5.41, 5.74) is 0.0565. The standard InChI is InChI=1S/C13H18ClFN2O/c1-9(2)16-8-4-7-12(18)17-13-10(14)5-3-6-11(13)15/h3,5-6,9,16H,4,7-8H2,1-2H3,(H,17,18). The maximum absolute atomic E-state index is 13.4. The van der Waals surface area contributed by atoms with Gasteiger partial charge in [-0.05, 0) is 25.1 Å². The van der Waals surface area contributed by atoms with E-state index >= 15 is 0 Å². The summed E-state index contributed by atoms with van der Waals surface area (Å²) in [5.74, 6) is -0.747. The van der Waals surface area contributed by atoms with E-state index in [1.807, 2.05) is 13.8 Å². The van der Waals surface area contributed by atoms with Crippen molar-refractivity contribution in [2.24, 2.45) is 0 Å². The zero-order valence-electron chi connectivity index (χ0n) is 10.6. The Morgan fingerprint density at radius 3 is 2.78 bits per heavy atom. The zero-order valence-corrected chi connectivity index (χ0v) is 11.4. The molecule has 0 unspecified atom stereocenters. The first-order chi connectivity index (χ1) is 8.50. The molecule has 0 atom stereocenters. The predicted molar refractivity (Wildman–Crippen MR) is 72.4 cm³/mol. The van der Waals surface area contributed by atoms with Crippen molar-refractivity contribution in [3.8, 4) is 0 Å². The molecule has 100 valence electrons. The third-order valence-electron chi connectivity index (χ3n) is 2.36. The highest BCUT2D eigenvalue weighted by Crippen LogP contribution is 2.24. The maximum Gasteiger partial charge on any atom is 0.224 e. The van der Waals surface area contributed by atoms with E-state index in [0.29, 0.717) is 18.9 Å². The summed E-state index contributed by atoms with van der Waals surface area (Å²) in [6.07, 6.45) is 1.04. The van der Waals surface area contributed by atoms with Gasteiger partial charge in [-0.3, -0.25) is 4.79 Å². The summed E-state index contributed by atoms with van der Waals surface area (Å²) in [5, 5.41) is 5.91. The van der Waals surface area contributed by atoms with Crippen LogP contribution in [-0.2, 0) is 4.79 Å². The van der Waals surface area contributed by atoms with E-state index in [1.165, 1.54) is 12.1 Å². The van der Waals surface area contributed by atoms with Crippen LogP contribution in [0.25, 0.3) is 0 Å². The maximum atomic E-state index is 13.4. The molecular formula is C13H18ClFN2O. The van der Waals surface area contributed by atoms with Crippen molar-refractivity contribution < 1.29 is 9.18 Å². The number of hydrogen-bond donors (Lipinski definition) is 2. The number of nitrogens with one attached hydrogen (secondary N) is 2. The summed E-state index contributed by atoms with van der Waals surface area (Å²) >= 11 is 5.81. The fourth-order valence-corrected chi connectivity index (χ4v) is 1.67. The molecule has 2 N–H and O–H groups in total. The third kappa shape index (κ3) is 5.02. The summed E-state index contributed by atoms with van der Waals surface area (Å²) in [6.45, 7) is 4.84. The Bertz CT molecular complexity index is 390. The van der Waals surface area contributed by atoms with Gasteiger partial charge in [0.15, 0.2) is 0 Å². The molecule has 5 heteroatoms. The van der Waals surface area contributed by atoms with Gasteiger partial charge in [0.1, 0.15) is 5.82 Å². The Labute approximate surface area is 112 Å². The van der Waals surface area contributed by atoms with E-state index in [2.05, 4.69) is 10.6 Å². The lowest BCUT2D eigenvalue weighted by molar-refractivity contribution is -0.116. The molecule has 0 saturated carbocycles. The van der Waals surface area contributed by atoms with Crippen LogP contribution in [0.1, 0.15) is 26.7 Å². The third-order valence-corrected chi connectivity index (χ3v) is 2.68. The molecule has 0 heterocycles. The van der Waals surface area contributed by atoms with Gasteiger partial charge in [0, 0.05) is 12.5 Å². The van der Waals surface area contributed by atoms with Gasteiger partial charge in [-0.25, -0.2) is 4.39 Å². The normalized spacial score (nSPS) is 10.7. The van der Waals surface area contributed by atoms with Crippen LogP contribution in [0.4, 0.5) is 10.1 Å². The monoisotopic (exact) mass is 272 g/mol. The van der Waals surface area contributed by atoms with Crippen molar-refractivity contribution in [3.05, 3.63) is 29.0 Å². The Hall–Kier alpha value is -1.13. The number of anilines is 1. The number of carbonyl (C=O) groups is 1. The second kappa shape index (κ2) is 7.34. The Kier molecular flexibility index (Phi) is 6.09. The molecule has 0 aromatic heterocycles. The van der Waals surface area contributed by atoms with E-state index < -0.39 is 5.82 Å². The number of amides is 1. The molecule has 0 aliphatic heterocycles. The lowest BCUT2D eigenvalue weighted by Crippen LogP contribution is -2.24. The average Bonchev–Trinajstić information content (AvgIpc) is 2.29. The molecule has 3 nitrogen and oxygen atoms in total. The number of para-hydroxylation sites is 1. The van der Waals surface area contributed by atoms with Gasteiger partial charge in [-0.1, -0.05) is 31.5 Å².